The Morgan fingerprint density at radius 2 is 1.68 bits per heavy atom. The molecule has 1 N–H and O–H groups in total. The van der Waals surface area contributed by atoms with E-state index >= 15 is 0 Å². The first-order chi connectivity index (χ1) is 12.1. The number of aromatic amines is 1. The van der Waals surface area contributed by atoms with Crippen LogP contribution in [0.15, 0.2) is 66.2 Å². The zero-order valence-electron chi connectivity index (χ0n) is 15.4. The molecule has 1 heteroatoms. The third-order valence-corrected chi connectivity index (χ3v) is 5.93. The molecule has 1 aromatic heterocycles. The lowest BCUT2D eigenvalue weighted by Gasteiger charge is -2.31. The average Bonchev–Trinajstić information content (AvgIpc) is 3.02. The number of fused-ring (bicyclic) bond motifs is 1. The van der Waals surface area contributed by atoms with Gasteiger partial charge in [-0.3, -0.25) is 0 Å². The molecule has 0 saturated carbocycles. The second-order valence-electron chi connectivity index (χ2n) is 7.80. The summed E-state index contributed by atoms with van der Waals surface area (Å²) in [6, 6.07) is 19.6. The smallest absolute Gasteiger partial charge is 0.0503 e. The summed E-state index contributed by atoms with van der Waals surface area (Å²) in [6.45, 7) is 7.05. The zero-order chi connectivity index (χ0) is 17.4. The molecule has 2 aromatic carbocycles. The molecule has 0 amide bonds. The van der Waals surface area contributed by atoms with Crippen LogP contribution in [0, 0.1) is 11.8 Å². The number of H-pyrrole nitrogens is 1. The Morgan fingerprint density at radius 1 is 0.960 bits per heavy atom. The van der Waals surface area contributed by atoms with Crippen LogP contribution in [0.25, 0.3) is 22.2 Å². The summed E-state index contributed by atoms with van der Waals surface area (Å²) < 4.78 is 0. The van der Waals surface area contributed by atoms with Gasteiger partial charge in [-0.25, -0.2) is 0 Å². The molecule has 0 bridgehead atoms. The highest BCUT2D eigenvalue weighted by molar-refractivity contribution is 5.91. The minimum absolute atomic E-state index is 0.507. The Bertz CT molecular complexity index is 898. The van der Waals surface area contributed by atoms with Gasteiger partial charge in [-0.05, 0) is 48.8 Å². The molecule has 4 rings (SSSR count). The van der Waals surface area contributed by atoms with E-state index in [2.05, 4.69) is 86.4 Å². The van der Waals surface area contributed by atoms with Gasteiger partial charge >= 0.3 is 0 Å². The summed E-state index contributed by atoms with van der Waals surface area (Å²) in [5.74, 6) is 2.01. The third kappa shape index (κ3) is 2.93. The van der Waals surface area contributed by atoms with Gasteiger partial charge in [0.1, 0.15) is 0 Å². The number of nitrogens with one attached hydrogen (secondary N) is 1. The minimum atomic E-state index is 0.507. The van der Waals surface area contributed by atoms with E-state index in [0.717, 1.165) is 11.8 Å². The molecule has 2 atom stereocenters. The van der Waals surface area contributed by atoms with Gasteiger partial charge in [-0.2, -0.15) is 0 Å². The number of aromatic nitrogens is 1. The summed E-state index contributed by atoms with van der Waals surface area (Å²) in [7, 11) is 0. The highest BCUT2D eigenvalue weighted by Crippen LogP contribution is 2.45. The molecule has 0 unspecified atom stereocenters. The van der Waals surface area contributed by atoms with Crippen LogP contribution < -0.4 is 0 Å². The van der Waals surface area contributed by atoms with Crippen LogP contribution in [0.3, 0.4) is 0 Å². The van der Waals surface area contributed by atoms with Gasteiger partial charge in [0, 0.05) is 16.8 Å². The highest BCUT2D eigenvalue weighted by atomic mass is 14.7. The monoisotopic (exact) mass is 329 g/mol. The second-order valence-corrected chi connectivity index (χ2v) is 7.80. The SMILES string of the molecule is CC1=CC[C@@H](C(C)C)C[C@@H]1c1c(-c2ccccc2)[nH]c2ccccc12. The number of allylic oxidation sites excluding steroid dienone is 2. The van der Waals surface area contributed by atoms with Gasteiger partial charge in [-0.15, -0.1) is 0 Å². The van der Waals surface area contributed by atoms with E-state index in [1.165, 1.54) is 46.1 Å². The van der Waals surface area contributed by atoms with Gasteiger partial charge in [-0.1, -0.05) is 74.0 Å². The average molecular weight is 329 g/mol. The van der Waals surface area contributed by atoms with E-state index in [1.54, 1.807) is 0 Å². The molecule has 1 aliphatic rings. The summed E-state index contributed by atoms with van der Waals surface area (Å²) in [5, 5.41) is 1.38. The number of rotatable bonds is 3. The molecule has 128 valence electrons. The number of para-hydroxylation sites is 1. The molecule has 25 heavy (non-hydrogen) atoms. The fourth-order valence-corrected chi connectivity index (χ4v) is 4.31. The first-order valence-electron chi connectivity index (χ1n) is 9.48. The molecule has 0 fully saturated rings. The molecule has 1 nitrogen and oxygen atoms in total. The van der Waals surface area contributed by atoms with Crippen LogP contribution in [0.1, 0.15) is 45.1 Å². The third-order valence-electron chi connectivity index (χ3n) is 5.93. The van der Waals surface area contributed by atoms with Gasteiger partial charge in [0.15, 0.2) is 0 Å². The maximum atomic E-state index is 3.72. The van der Waals surface area contributed by atoms with Crippen molar-refractivity contribution in [2.75, 3.05) is 0 Å². The standard InChI is InChI=1S/C24H27N/c1-16(2)19-14-13-17(3)21(15-19)23-20-11-7-8-12-22(20)25-24(23)18-9-5-4-6-10-18/h4-13,16,19,21,25H,14-15H2,1-3H3/t19-,21+/m1/s1. The van der Waals surface area contributed by atoms with E-state index in [1.807, 2.05) is 0 Å². The highest BCUT2D eigenvalue weighted by Gasteiger charge is 2.29. The molecule has 3 aromatic rings. The van der Waals surface area contributed by atoms with E-state index in [9.17, 15) is 0 Å². The normalized spacial score (nSPS) is 20.9. The van der Waals surface area contributed by atoms with Gasteiger partial charge < -0.3 is 4.98 Å². The van der Waals surface area contributed by atoms with Crippen molar-refractivity contribution in [2.45, 2.75) is 39.5 Å². The molecule has 1 heterocycles. The molecule has 1 aliphatic carbocycles. The van der Waals surface area contributed by atoms with Crippen molar-refractivity contribution in [2.24, 2.45) is 11.8 Å². The Hall–Kier alpha value is -2.28. The van der Waals surface area contributed by atoms with Crippen molar-refractivity contribution >= 4 is 10.9 Å². The first kappa shape index (κ1) is 16.2. The topological polar surface area (TPSA) is 15.8 Å². The zero-order valence-corrected chi connectivity index (χ0v) is 15.4. The lowest BCUT2D eigenvalue weighted by Crippen LogP contribution is -2.18. The Labute approximate surface area is 150 Å². The van der Waals surface area contributed by atoms with Crippen molar-refractivity contribution in [1.82, 2.24) is 4.98 Å². The second kappa shape index (κ2) is 6.55. The summed E-state index contributed by atoms with van der Waals surface area (Å²) in [5.41, 5.74) is 6.84. The Morgan fingerprint density at radius 3 is 2.44 bits per heavy atom. The Kier molecular flexibility index (Phi) is 4.25. The van der Waals surface area contributed by atoms with Crippen molar-refractivity contribution in [3.63, 3.8) is 0 Å². The lowest BCUT2D eigenvalue weighted by molar-refractivity contribution is 0.333. The van der Waals surface area contributed by atoms with Gasteiger partial charge in [0.05, 0.1) is 5.69 Å². The quantitative estimate of drug-likeness (QED) is 0.501. The number of hydrogen-bond acceptors (Lipinski definition) is 0. The van der Waals surface area contributed by atoms with Crippen LogP contribution in [0.4, 0.5) is 0 Å². The largest absolute Gasteiger partial charge is 0.354 e. The first-order valence-corrected chi connectivity index (χ1v) is 9.48. The predicted octanol–water partition coefficient (Wildman–Crippen LogP) is 6.93. The predicted molar refractivity (Wildman–Crippen MR) is 108 cm³/mol. The minimum Gasteiger partial charge on any atom is -0.354 e. The van der Waals surface area contributed by atoms with Gasteiger partial charge in [0.25, 0.3) is 0 Å². The van der Waals surface area contributed by atoms with Crippen molar-refractivity contribution < 1.29 is 0 Å². The van der Waals surface area contributed by atoms with E-state index in [0.29, 0.717) is 5.92 Å². The summed E-state index contributed by atoms with van der Waals surface area (Å²) >= 11 is 0. The van der Waals surface area contributed by atoms with Gasteiger partial charge in [0.2, 0.25) is 0 Å². The van der Waals surface area contributed by atoms with E-state index in [-0.39, 0.29) is 0 Å². The van der Waals surface area contributed by atoms with Crippen molar-refractivity contribution in [3.05, 3.63) is 71.8 Å². The van der Waals surface area contributed by atoms with Crippen LogP contribution in [0.2, 0.25) is 0 Å². The molecular weight excluding hydrogens is 302 g/mol. The molecular formula is C24H27N. The fourth-order valence-electron chi connectivity index (χ4n) is 4.31. The number of hydrogen-bond donors (Lipinski definition) is 1. The Balaban J connectivity index is 1.91. The summed E-state index contributed by atoms with van der Waals surface area (Å²) in [6.07, 6.45) is 4.96. The van der Waals surface area contributed by atoms with Crippen LogP contribution in [0.5, 0.6) is 0 Å². The molecule has 0 saturated heterocycles. The molecule has 0 radical (unpaired) electrons. The van der Waals surface area contributed by atoms with E-state index in [4.69, 9.17) is 0 Å². The molecule has 0 aliphatic heterocycles. The lowest BCUT2D eigenvalue weighted by atomic mass is 9.73. The van der Waals surface area contributed by atoms with E-state index < -0.39 is 0 Å². The fraction of sp³-hybridized carbons (Fsp3) is 0.333. The van der Waals surface area contributed by atoms with Crippen LogP contribution >= 0.6 is 0 Å². The summed E-state index contributed by atoms with van der Waals surface area (Å²) in [4.78, 5) is 3.72. The maximum absolute atomic E-state index is 3.72. The van der Waals surface area contributed by atoms with Crippen LogP contribution in [-0.2, 0) is 0 Å². The maximum Gasteiger partial charge on any atom is 0.0503 e. The van der Waals surface area contributed by atoms with Crippen molar-refractivity contribution in [3.8, 4) is 11.3 Å². The number of benzene rings is 2. The molecule has 0 spiro atoms. The van der Waals surface area contributed by atoms with Crippen LogP contribution in [-0.4, -0.2) is 4.98 Å². The van der Waals surface area contributed by atoms with Crippen molar-refractivity contribution in [1.29, 1.82) is 0 Å².